The molecule has 0 fully saturated rings. The SMILES string of the molecule is CCCCCCN(C(=O)CNC(=O)OC(C)(C)C)C(C(=O)Nc1ccc(OC)cc1)c1cccc(O)c1. The molecule has 3 N–H and O–H groups in total. The second kappa shape index (κ2) is 14.1. The number of alkyl carbamates (subject to hydrolysis) is 1. The highest BCUT2D eigenvalue weighted by Gasteiger charge is 2.32. The van der Waals surface area contributed by atoms with Crippen molar-refractivity contribution in [2.24, 2.45) is 0 Å². The number of aromatic hydroxyl groups is 1. The van der Waals surface area contributed by atoms with Crippen LogP contribution < -0.4 is 15.4 Å². The highest BCUT2D eigenvalue weighted by atomic mass is 16.6. The minimum absolute atomic E-state index is 0.0231. The molecule has 0 saturated carbocycles. The zero-order chi connectivity index (χ0) is 27.4. The van der Waals surface area contributed by atoms with E-state index < -0.39 is 29.6 Å². The summed E-state index contributed by atoms with van der Waals surface area (Å²) < 4.78 is 10.4. The molecule has 2 rings (SSSR count). The van der Waals surface area contributed by atoms with Gasteiger partial charge in [-0.25, -0.2) is 4.79 Å². The first kappa shape index (κ1) is 29.5. The van der Waals surface area contributed by atoms with Gasteiger partial charge in [-0.1, -0.05) is 38.3 Å². The number of hydrogen-bond acceptors (Lipinski definition) is 6. The summed E-state index contributed by atoms with van der Waals surface area (Å²) in [6.45, 7) is 7.24. The standard InChI is InChI=1S/C28H39N3O6/c1-6-7-8-9-17-31(24(33)19-29-27(35)37-28(2,3)4)25(20-11-10-12-22(32)18-20)26(34)30-21-13-15-23(36-5)16-14-21/h10-16,18,25,32H,6-9,17,19H2,1-5H3,(H,29,35)(H,30,34). The lowest BCUT2D eigenvalue weighted by molar-refractivity contribution is -0.138. The number of amides is 3. The van der Waals surface area contributed by atoms with Crippen LogP contribution in [-0.4, -0.2) is 53.7 Å². The fraction of sp³-hybridized carbons (Fsp3) is 0.464. The number of methoxy groups -OCH3 is 1. The number of nitrogens with zero attached hydrogens (tertiary/aromatic N) is 1. The maximum atomic E-state index is 13.6. The number of phenols is 1. The van der Waals surface area contributed by atoms with Gasteiger partial charge >= 0.3 is 6.09 Å². The zero-order valence-electron chi connectivity index (χ0n) is 22.4. The molecule has 0 spiro atoms. The second-order valence-corrected chi connectivity index (χ2v) is 9.72. The van der Waals surface area contributed by atoms with Crippen LogP contribution in [0, 0.1) is 0 Å². The Hall–Kier alpha value is -3.75. The summed E-state index contributed by atoms with van der Waals surface area (Å²) in [5.74, 6) is -0.272. The quantitative estimate of drug-likeness (QED) is 0.343. The van der Waals surface area contributed by atoms with Gasteiger partial charge in [-0.15, -0.1) is 0 Å². The zero-order valence-corrected chi connectivity index (χ0v) is 22.4. The van der Waals surface area contributed by atoms with E-state index in [1.807, 2.05) is 0 Å². The van der Waals surface area contributed by atoms with Crippen LogP contribution >= 0.6 is 0 Å². The number of phenolic OH excluding ortho intramolecular Hbond substituents is 1. The molecule has 0 bridgehead atoms. The first-order chi connectivity index (χ1) is 17.5. The van der Waals surface area contributed by atoms with Crippen LogP contribution in [0.5, 0.6) is 11.5 Å². The third kappa shape index (κ3) is 10.0. The van der Waals surface area contributed by atoms with Crippen LogP contribution in [-0.2, 0) is 14.3 Å². The van der Waals surface area contributed by atoms with E-state index >= 15 is 0 Å². The number of benzene rings is 2. The van der Waals surface area contributed by atoms with E-state index in [0.717, 1.165) is 19.3 Å². The van der Waals surface area contributed by atoms with Crippen molar-refractivity contribution >= 4 is 23.6 Å². The van der Waals surface area contributed by atoms with E-state index in [2.05, 4.69) is 17.6 Å². The van der Waals surface area contributed by atoms with Gasteiger partial charge in [0.25, 0.3) is 5.91 Å². The number of carbonyl (C=O) groups is 3. The van der Waals surface area contributed by atoms with E-state index in [4.69, 9.17) is 9.47 Å². The minimum Gasteiger partial charge on any atom is -0.508 e. The van der Waals surface area contributed by atoms with E-state index in [0.29, 0.717) is 30.0 Å². The van der Waals surface area contributed by atoms with Crippen molar-refractivity contribution in [3.05, 3.63) is 54.1 Å². The molecule has 202 valence electrons. The molecule has 1 unspecified atom stereocenters. The van der Waals surface area contributed by atoms with E-state index in [-0.39, 0.29) is 12.3 Å². The molecule has 37 heavy (non-hydrogen) atoms. The van der Waals surface area contributed by atoms with Gasteiger partial charge in [0.2, 0.25) is 5.91 Å². The summed E-state index contributed by atoms with van der Waals surface area (Å²) in [5.41, 5.74) is 0.267. The largest absolute Gasteiger partial charge is 0.508 e. The van der Waals surface area contributed by atoms with Gasteiger partial charge in [-0.05, 0) is 69.2 Å². The molecule has 0 aromatic heterocycles. The topological polar surface area (TPSA) is 117 Å². The van der Waals surface area contributed by atoms with Crippen molar-refractivity contribution in [1.29, 1.82) is 0 Å². The van der Waals surface area contributed by atoms with Crippen LogP contribution in [0.1, 0.15) is 65.0 Å². The summed E-state index contributed by atoms with van der Waals surface area (Å²) in [6.07, 6.45) is 2.85. The highest BCUT2D eigenvalue weighted by molar-refractivity contribution is 5.98. The lowest BCUT2D eigenvalue weighted by Gasteiger charge is -2.32. The van der Waals surface area contributed by atoms with Gasteiger partial charge in [-0.3, -0.25) is 9.59 Å². The molecular formula is C28H39N3O6. The van der Waals surface area contributed by atoms with Gasteiger partial charge < -0.3 is 30.1 Å². The van der Waals surface area contributed by atoms with Gasteiger partial charge in [0.15, 0.2) is 0 Å². The van der Waals surface area contributed by atoms with E-state index in [9.17, 15) is 19.5 Å². The summed E-state index contributed by atoms with van der Waals surface area (Å²) in [6, 6.07) is 12.1. The fourth-order valence-corrected chi connectivity index (χ4v) is 3.72. The third-order valence-electron chi connectivity index (χ3n) is 5.46. The molecule has 0 aliphatic heterocycles. The van der Waals surface area contributed by atoms with Gasteiger partial charge in [0, 0.05) is 12.2 Å². The van der Waals surface area contributed by atoms with Crippen molar-refractivity contribution in [1.82, 2.24) is 10.2 Å². The first-order valence-electron chi connectivity index (χ1n) is 12.5. The summed E-state index contributed by atoms with van der Waals surface area (Å²) in [7, 11) is 1.55. The molecule has 3 amide bonds. The Morgan fingerprint density at radius 3 is 2.32 bits per heavy atom. The van der Waals surface area contributed by atoms with Crippen LogP contribution in [0.2, 0.25) is 0 Å². The lowest BCUT2D eigenvalue weighted by atomic mass is 10.0. The molecule has 1 atom stereocenters. The number of nitrogens with one attached hydrogen (secondary N) is 2. The molecule has 9 nitrogen and oxygen atoms in total. The summed E-state index contributed by atoms with van der Waals surface area (Å²) >= 11 is 0. The smallest absolute Gasteiger partial charge is 0.408 e. The fourth-order valence-electron chi connectivity index (χ4n) is 3.72. The van der Waals surface area contributed by atoms with Gasteiger partial charge in [-0.2, -0.15) is 0 Å². The van der Waals surface area contributed by atoms with Crippen molar-refractivity contribution in [3.8, 4) is 11.5 Å². The molecule has 2 aromatic rings. The van der Waals surface area contributed by atoms with Crippen LogP contribution in [0.4, 0.5) is 10.5 Å². The first-order valence-corrected chi connectivity index (χ1v) is 12.5. The minimum atomic E-state index is -1.04. The maximum Gasteiger partial charge on any atom is 0.408 e. The van der Waals surface area contributed by atoms with Crippen LogP contribution in [0.15, 0.2) is 48.5 Å². The predicted octanol–water partition coefficient (Wildman–Crippen LogP) is 5.01. The van der Waals surface area contributed by atoms with Crippen LogP contribution in [0.3, 0.4) is 0 Å². The average Bonchev–Trinajstić information content (AvgIpc) is 2.83. The second-order valence-electron chi connectivity index (χ2n) is 9.72. The molecule has 2 aromatic carbocycles. The summed E-state index contributed by atoms with van der Waals surface area (Å²) in [4.78, 5) is 40.6. The predicted molar refractivity (Wildman–Crippen MR) is 143 cm³/mol. The number of ether oxygens (including phenoxy) is 2. The Labute approximate surface area is 219 Å². The maximum absolute atomic E-state index is 13.6. The van der Waals surface area contributed by atoms with Gasteiger partial charge in [0.1, 0.15) is 29.7 Å². The Kier molecular flexibility index (Phi) is 11.2. The Morgan fingerprint density at radius 1 is 1.03 bits per heavy atom. The van der Waals surface area contributed by atoms with Crippen molar-refractivity contribution in [3.63, 3.8) is 0 Å². The molecule has 0 radical (unpaired) electrons. The van der Waals surface area contributed by atoms with Crippen molar-refractivity contribution in [2.75, 3.05) is 25.5 Å². The molecule has 9 heteroatoms. The lowest BCUT2D eigenvalue weighted by Crippen LogP contribution is -2.47. The molecule has 0 saturated heterocycles. The van der Waals surface area contributed by atoms with Crippen LogP contribution in [0.25, 0.3) is 0 Å². The van der Waals surface area contributed by atoms with Gasteiger partial charge in [0.05, 0.1) is 7.11 Å². The molecule has 0 aliphatic rings. The van der Waals surface area contributed by atoms with E-state index in [1.165, 1.54) is 17.0 Å². The Bertz CT molecular complexity index is 1030. The Balaban J connectivity index is 2.34. The molecular weight excluding hydrogens is 474 g/mol. The highest BCUT2D eigenvalue weighted by Crippen LogP contribution is 2.27. The normalized spacial score (nSPS) is 11.8. The van der Waals surface area contributed by atoms with Crippen molar-refractivity contribution in [2.45, 2.75) is 65.0 Å². The van der Waals surface area contributed by atoms with Crippen molar-refractivity contribution < 1.29 is 29.0 Å². The monoisotopic (exact) mass is 513 g/mol. The molecule has 0 aliphatic carbocycles. The summed E-state index contributed by atoms with van der Waals surface area (Å²) in [5, 5.41) is 15.5. The number of unbranched alkanes of at least 4 members (excludes halogenated alkanes) is 3. The Morgan fingerprint density at radius 2 is 1.73 bits per heavy atom. The third-order valence-corrected chi connectivity index (χ3v) is 5.46. The number of rotatable bonds is 12. The van der Waals surface area contributed by atoms with E-state index in [1.54, 1.807) is 64.3 Å². The molecule has 0 heterocycles. The number of carbonyl (C=O) groups excluding carboxylic acids is 3. The average molecular weight is 514 g/mol. The number of anilines is 1. The number of hydrogen-bond donors (Lipinski definition) is 3.